The minimum Gasteiger partial charge on any atom is -0.371 e. The quantitative estimate of drug-likeness (QED) is 0.915. The third-order valence-electron chi connectivity index (χ3n) is 4.40. The number of hydrogen-bond acceptors (Lipinski definition) is 2. The van der Waals surface area contributed by atoms with Crippen LogP contribution < -0.4 is 10.2 Å². The fourth-order valence-corrected chi connectivity index (χ4v) is 3.20. The number of nitrogens with zero attached hydrogens (tertiary/aromatic N) is 1. The van der Waals surface area contributed by atoms with E-state index in [9.17, 15) is 9.18 Å². The van der Waals surface area contributed by atoms with Crippen molar-refractivity contribution in [1.82, 2.24) is 0 Å². The van der Waals surface area contributed by atoms with Gasteiger partial charge in [-0.25, -0.2) is 4.39 Å². The van der Waals surface area contributed by atoms with Crippen LogP contribution in [-0.4, -0.2) is 19.0 Å². The molecule has 0 atom stereocenters. The zero-order chi connectivity index (χ0) is 13.9. The molecule has 108 valence electrons. The van der Waals surface area contributed by atoms with Crippen LogP contribution in [0.5, 0.6) is 0 Å². The molecule has 0 aromatic heterocycles. The normalized spacial score (nSPS) is 19.6. The number of benzene rings is 1. The van der Waals surface area contributed by atoms with E-state index in [2.05, 4.69) is 10.2 Å². The standard InChI is InChI=1S/C16H21FN2O/c17-14-8-7-13(19-9-3-4-10-19)11-15(14)18-16(20)12-5-1-2-6-12/h7-8,11-12H,1-6,9-10H2,(H,18,20). The number of anilines is 2. The molecule has 0 bridgehead atoms. The number of carbonyl (C=O) groups is 1. The van der Waals surface area contributed by atoms with Gasteiger partial charge in [0.25, 0.3) is 0 Å². The molecule has 1 aromatic rings. The average Bonchev–Trinajstić information content (AvgIpc) is 3.14. The van der Waals surface area contributed by atoms with Crippen LogP contribution in [0, 0.1) is 11.7 Å². The lowest BCUT2D eigenvalue weighted by Gasteiger charge is -2.19. The van der Waals surface area contributed by atoms with Gasteiger partial charge in [0.1, 0.15) is 5.82 Å². The van der Waals surface area contributed by atoms with E-state index in [0.717, 1.165) is 44.5 Å². The molecule has 3 nitrogen and oxygen atoms in total. The predicted octanol–water partition coefficient (Wildman–Crippen LogP) is 3.55. The summed E-state index contributed by atoms with van der Waals surface area (Å²) in [4.78, 5) is 14.3. The Morgan fingerprint density at radius 1 is 1.15 bits per heavy atom. The van der Waals surface area contributed by atoms with Crippen LogP contribution in [0.2, 0.25) is 0 Å². The van der Waals surface area contributed by atoms with Gasteiger partial charge in [0, 0.05) is 24.7 Å². The Bertz CT molecular complexity index is 491. The molecule has 0 radical (unpaired) electrons. The van der Waals surface area contributed by atoms with Crippen LogP contribution in [0.25, 0.3) is 0 Å². The van der Waals surface area contributed by atoms with E-state index in [4.69, 9.17) is 0 Å². The van der Waals surface area contributed by atoms with Crippen molar-refractivity contribution in [3.63, 3.8) is 0 Å². The molecule has 1 aliphatic heterocycles. The molecule has 1 N–H and O–H groups in total. The summed E-state index contributed by atoms with van der Waals surface area (Å²) in [6, 6.07) is 5.03. The molecule has 1 aromatic carbocycles. The lowest BCUT2D eigenvalue weighted by atomic mass is 10.1. The van der Waals surface area contributed by atoms with Gasteiger partial charge in [0.05, 0.1) is 5.69 Å². The summed E-state index contributed by atoms with van der Waals surface area (Å²) in [5, 5.41) is 2.78. The highest BCUT2D eigenvalue weighted by Gasteiger charge is 2.23. The van der Waals surface area contributed by atoms with Gasteiger partial charge in [0.2, 0.25) is 5.91 Å². The molecule has 4 heteroatoms. The Hall–Kier alpha value is -1.58. The Balaban J connectivity index is 1.74. The van der Waals surface area contributed by atoms with Gasteiger partial charge in [-0.15, -0.1) is 0 Å². The largest absolute Gasteiger partial charge is 0.371 e. The van der Waals surface area contributed by atoms with Gasteiger partial charge in [-0.3, -0.25) is 4.79 Å². The number of carbonyl (C=O) groups excluding carboxylic acids is 1. The molecule has 2 fully saturated rings. The second-order valence-electron chi connectivity index (χ2n) is 5.83. The molecule has 1 aliphatic carbocycles. The highest BCUT2D eigenvalue weighted by Crippen LogP contribution is 2.29. The summed E-state index contributed by atoms with van der Waals surface area (Å²) >= 11 is 0. The van der Waals surface area contributed by atoms with Gasteiger partial charge >= 0.3 is 0 Å². The first-order valence-electron chi connectivity index (χ1n) is 7.59. The fraction of sp³-hybridized carbons (Fsp3) is 0.562. The summed E-state index contributed by atoms with van der Waals surface area (Å²) in [5.74, 6) is -0.316. The molecule has 0 spiro atoms. The van der Waals surface area contributed by atoms with Crippen molar-refractivity contribution in [2.45, 2.75) is 38.5 Å². The van der Waals surface area contributed by atoms with E-state index in [0.29, 0.717) is 5.69 Å². The van der Waals surface area contributed by atoms with E-state index in [1.807, 2.05) is 0 Å². The van der Waals surface area contributed by atoms with Crippen LogP contribution >= 0.6 is 0 Å². The smallest absolute Gasteiger partial charge is 0.227 e. The molecular weight excluding hydrogens is 255 g/mol. The number of halogens is 1. The van der Waals surface area contributed by atoms with Gasteiger partial charge in [-0.05, 0) is 43.9 Å². The van der Waals surface area contributed by atoms with Crippen LogP contribution in [-0.2, 0) is 4.79 Å². The van der Waals surface area contributed by atoms with Crippen molar-refractivity contribution in [2.24, 2.45) is 5.92 Å². The number of rotatable bonds is 3. The maximum absolute atomic E-state index is 13.9. The first kappa shape index (κ1) is 13.4. The highest BCUT2D eigenvalue weighted by atomic mass is 19.1. The molecule has 1 saturated heterocycles. The maximum atomic E-state index is 13.9. The zero-order valence-corrected chi connectivity index (χ0v) is 11.7. The Morgan fingerprint density at radius 2 is 1.85 bits per heavy atom. The third-order valence-corrected chi connectivity index (χ3v) is 4.40. The molecule has 20 heavy (non-hydrogen) atoms. The summed E-state index contributed by atoms with van der Waals surface area (Å²) in [6.07, 6.45) is 6.43. The first-order chi connectivity index (χ1) is 9.74. The SMILES string of the molecule is O=C(Nc1cc(N2CCCC2)ccc1F)C1CCCC1. The van der Waals surface area contributed by atoms with Crippen molar-refractivity contribution in [2.75, 3.05) is 23.3 Å². The van der Waals surface area contributed by atoms with Gasteiger partial charge in [0.15, 0.2) is 0 Å². The summed E-state index contributed by atoms with van der Waals surface area (Å²) in [5.41, 5.74) is 1.33. The average molecular weight is 276 g/mol. The molecule has 1 heterocycles. The van der Waals surface area contributed by atoms with Crippen LogP contribution in [0.15, 0.2) is 18.2 Å². The van der Waals surface area contributed by atoms with Gasteiger partial charge < -0.3 is 10.2 Å². The Kier molecular flexibility index (Phi) is 3.90. The molecule has 2 aliphatic rings. The van der Waals surface area contributed by atoms with E-state index in [1.54, 1.807) is 12.1 Å². The maximum Gasteiger partial charge on any atom is 0.227 e. The predicted molar refractivity (Wildman–Crippen MR) is 78.4 cm³/mol. The van der Waals surface area contributed by atoms with E-state index >= 15 is 0 Å². The van der Waals surface area contributed by atoms with Gasteiger partial charge in [-0.2, -0.15) is 0 Å². The monoisotopic (exact) mass is 276 g/mol. The summed E-state index contributed by atoms with van der Waals surface area (Å²) < 4.78 is 13.9. The summed E-state index contributed by atoms with van der Waals surface area (Å²) in [6.45, 7) is 2.03. The zero-order valence-electron chi connectivity index (χ0n) is 11.7. The minimum atomic E-state index is -0.348. The van der Waals surface area contributed by atoms with Gasteiger partial charge in [-0.1, -0.05) is 12.8 Å². The van der Waals surface area contributed by atoms with Crippen LogP contribution in [0.1, 0.15) is 38.5 Å². The molecule has 1 saturated carbocycles. The van der Waals surface area contributed by atoms with Crippen molar-refractivity contribution in [3.05, 3.63) is 24.0 Å². The molecule has 0 unspecified atom stereocenters. The molecule has 1 amide bonds. The van der Waals surface area contributed by atoms with Crippen molar-refractivity contribution < 1.29 is 9.18 Å². The second kappa shape index (κ2) is 5.81. The van der Waals surface area contributed by atoms with Crippen molar-refractivity contribution in [1.29, 1.82) is 0 Å². The Morgan fingerprint density at radius 3 is 2.55 bits per heavy atom. The second-order valence-corrected chi connectivity index (χ2v) is 5.83. The summed E-state index contributed by atoms with van der Waals surface area (Å²) in [7, 11) is 0. The number of hydrogen-bond donors (Lipinski definition) is 1. The van der Waals surface area contributed by atoms with Crippen LogP contribution in [0.3, 0.4) is 0 Å². The van der Waals surface area contributed by atoms with E-state index in [-0.39, 0.29) is 17.6 Å². The Labute approximate surface area is 119 Å². The minimum absolute atomic E-state index is 0.0278. The van der Waals surface area contributed by atoms with E-state index in [1.165, 1.54) is 18.9 Å². The van der Waals surface area contributed by atoms with E-state index < -0.39 is 0 Å². The number of amides is 1. The van der Waals surface area contributed by atoms with Crippen LogP contribution in [0.4, 0.5) is 15.8 Å². The lowest BCUT2D eigenvalue weighted by molar-refractivity contribution is -0.119. The van der Waals surface area contributed by atoms with Crippen molar-refractivity contribution in [3.8, 4) is 0 Å². The molecule has 3 rings (SSSR count). The first-order valence-corrected chi connectivity index (χ1v) is 7.59. The highest BCUT2D eigenvalue weighted by molar-refractivity contribution is 5.93. The fourth-order valence-electron chi connectivity index (χ4n) is 3.20. The third kappa shape index (κ3) is 2.79. The number of nitrogens with one attached hydrogen (secondary N) is 1. The lowest BCUT2D eigenvalue weighted by Crippen LogP contribution is -2.22. The topological polar surface area (TPSA) is 32.3 Å². The molecular formula is C16H21FN2O. The van der Waals surface area contributed by atoms with Crippen molar-refractivity contribution >= 4 is 17.3 Å².